The fourth-order valence-electron chi connectivity index (χ4n) is 7.07. The summed E-state index contributed by atoms with van der Waals surface area (Å²) in [7, 11) is 0. The molecule has 4 nitrogen and oxygen atoms in total. The Hall–Kier alpha value is -6.65. The van der Waals surface area contributed by atoms with Crippen LogP contribution in [0, 0.1) is 0 Å². The van der Waals surface area contributed by atoms with E-state index in [9.17, 15) is 0 Å². The molecule has 0 aliphatic heterocycles. The van der Waals surface area contributed by atoms with Gasteiger partial charge >= 0.3 is 0 Å². The highest BCUT2D eigenvalue weighted by molar-refractivity contribution is 6.10. The average Bonchev–Trinajstić information content (AvgIpc) is 3.56. The molecule has 0 aliphatic carbocycles. The van der Waals surface area contributed by atoms with Gasteiger partial charge in [-0.3, -0.25) is 15.0 Å². The summed E-state index contributed by atoms with van der Waals surface area (Å²) in [6, 6.07) is 51.2. The number of pyridine rings is 3. The molecule has 0 spiro atoms. The number of hydrogen-bond acceptors (Lipinski definition) is 4. The maximum Gasteiger partial charge on any atom is 0.143 e. The molecule has 0 unspecified atom stereocenters. The molecule has 0 aliphatic rings. The van der Waals surface area contributed by atoms with Gasteiger partial charge < -0.3 is 4.42 Å². The van der Waals surface area contributed by atoms with Gasteiger partial charge in [-0.2, -0.15) is 0 Å². The Morgan fingerprint density at radius 1 is 0.388 bits per heavy atom. The van der Waals surface area contributed by atoms with E-state index < -0.39 is 0 Å². The molecule has 49 heavy (non-hydrogen) atoms. The van der Waals surface area contributed by atoms with E-state index in [1.165, 1.54) is 0 Å². The highest BCUT2D eigenvalue weighted by Gasteiger charge is 2.15. The second kappa shape index (κ2) is 11.0. The van der Waals surface area contributed by atoms with Gasteiger partial charge in [0, 0.05) is 62.2 Å². The van der Waals surface area contributed by atoms with Crippen LogP contribution in [0.5, 0.6) is 0 Å². The molecular formula is C45H27N3O. The van der Waals surface area contributed by atoms with E-state index in [2.05, 4.69) is 126 Å². The van der Waals surface area contributed by atoms with Gasteiger partial charge in [-0.25, -0.2) is 0 Å². The third-order valence-corrected chi connectivity index (χ3v) is 9.55. The van der Waals surface area contributed by atoms with E-state index in [0.29, 0.717) is 0 Å². The van der Waals surface area contributed by atoms with Crippen LogP contribution in [-0.2, 0) is 0 Å². The van der Waals surface area contributed by atoms with Gasteiger partial charge in [-0.15, -0.1) is 0 Å². The molecule has 4 heteroatoms. The molecule has 6 aromatic carbocycles. The van der Waals surface area contributed by atoms with Crippen LogP contribution in [-0.4, -0.2) is 15.0 Å². The highest BCUT2D eigenvalue weighted by Crippen LogP contribution is 2.40. The van der Waals surface area contributed by atoms with E-state index in [0.717, 1.165) is 99.2 Å². The quantitative estimate of drug-likeness (QED) is 0.183. The molecule has 0 bridgehead atoms. The van der Waals surface area contributed by atoms with Crippen molar-refractivity contribution >= 4 is 54.6 Å². The minimum atomic E-state index is 0.892. The fraction of sp³-hybridized carbons (Fsp3) is 0. The summed E-state index contributed by atoms with van der Waals surface area (Å²) in [6.45, 7) is 0. The lowest BCUT2D eigenvalue weighted by Crippen LogP contribution is -1.89. The molecule has 4 heterocycles. The Bertz CT molecular complexity index is 2890. The van der Waals surface area contributed by atoms with Crippen molar-refractivity contribution in [2.24, 2.45) is 0 Å². The molecule has 4 aromatic heterocycles. The molecule has 0 atom stereocenters. The summed E-state index contributed by atoms with van der Waals surface area (Å²) in [6.07, 6.45) is 5.75. The van der Waals surface area contributed by atoms with Gasteiger partial charge in [-0.05, 0) is 76.3 Å². The molecule has 228 valence electrons. The highest BCUT2D eigenvalue weighted by atomic mass is 16.3. The molecule has 0 N–H and O–H groups in total. The van der Waals surface area contributed by atoms with Gasteiger partial charge in [-0.1, -0.05) is 97.1 Å². The summed E-state index contributed by atoms with van der Waals surface area (Å²) >= 11 is 0. The van der Waals surface area contributed by atoms with Crippen molar-refractivity contribution in [1.29, 1.82) is 0 Å². The predicted octanol–water partition coefficient (Wildman–Crippen LogP) is 11.9. The smallest absolute Gasteiger partial charge is 0.143 e. The topological polar surface area (TPSA) is 51.8 Å². The Kier molecular flexibility index (Phi) is 6.15. The van der Waals surface area contributed by atoms with Crippen LogP contribution in [0.4, 0.5) is 0 Å². The molecular weight excluding hydrogens is 599 g/mol. The lowest BCUT2D eigenvalue weighted by atomic mass is 9.92. The van der Waals surface area contributed by atoms with E-state index in [-0.39, 0.29) is 0 Å². The normalized spacial score (nSPS) is 11.7. The maximum atomic E-state index is 6.48. The number of para-hydroxylation sites is 3. The predicted molar refractivity (Wildman–Crippen MR) is 201 cm³/mol. The zero-order valence-corrected chi connectivity index (χ0v) is 26.3. The van der Waals surface area contributed by atoms with Crippen molar-refractivity contribution in [3.05, 3.63) is 164 Å². The second-order valence-corrected chi connectivity index (χ2v) is 12.5. The third kappa shape index (κ3) is 4.65. The Balaban J connectivity index is 1.11. The van der Waals surface area contributed by atoms with E-state index in [1.807, 2.05) is 42.9 Å². The number of nitrogens with zero attached hydrogens (tertiary/aromatic N) is 3. The van der Waals surface area contributed by atoms with Crippen molar-refractivity contribution in [2.75, 3.05) is 0 Å². The van der Waals surface area contributed by atoms with E-state index >= 15 is 0 Å². The molecule has 0 fully saturated rings. The Labute approximate surface area is 282 Å². The summed E-state index contributed by atoms with van der Waals surface area (Å²) in [4.78, 5) is 14.2. The van der Waals surface area contributed by atoms with Gasteiger partial charge in [0.2, 0.25) is 0 Å². The monoisotopic (exact) mass is 625 g/mol. The summed E-state index contributed by atoms with van der Waals surface area (Å²) in [5.74, 6) is 0. The van der Waals surface area contributed by atoms with Crippen LogP contribution in [0.3, 0.4) is 0 Å². The second-order valence-electron chi connectivity index (χ2n) is 12.5. The molecule has 0 saturated heterocycles. The molecule has 10 rings (SSSR count). The first-order valence-electron chi connectivity index (χ1n) is 16.4. The number of benzene rings is 6. The van der Waals surface area contributed by atoms with E-state index in [4.69, 9.17) is 14.4 Å². The number of aromatic nitrogens is 3. The van der Waals surface area contributed by atoms with Gasteiger partial charge in [0.15, 0.2) is 0 Å². The van der Waals surface area contributed by atoms with Crippen LogP contribution in [0.1, 0.15) is 0 Å². The number of hydrogen-bond donors (Lipinski definition) is 0. The van der Waals surface area contributed by atoms with Crippen molar-refractivity contribution in [2.45, 2.75) is 0 Å². The van der Waals surface area contributed by atoms with Crippen molar-refractivity contribution in [3.63, 3.8) is 0 Å². The maximum absolute atomic E-state index is 6.48. The van der Waals surface area contributed by atoms with Gasteiger partial charge in [0.05, 0.1) is 16.6 Å². The largest absolute Gasteiger partial charge is 0.455 e. The zero-order valence-electron chi connectivity index (χ0n) is 26.3. The molecule has 10 aromatic rings. The summed E-state index contributed by atoms with van der Waals surface area (Å²) in [5, 5.41) is 5.52. The minimum Gasteiger partial charge on any atom is -0.455 e. The van der Waals surface area contributed by atoms with Crippen molar-refractivity contribution < 1.29 is 4.42 Å². The van der Waals surface area contributed by atoms with Gasteiger partial charge in [0.1, 0.15) is 11.2 Å². The molecule has 0 radical (unpaired) electrons. The van der Waals surface area contributed by atoms with Crippen molar-refractivity contribution in [3.8, 4) is 44.5 Å². The van der Waals surface area contributed by atoms with Crippen LogP contribution >= 0.6 is 0 Å². The first-order chi connectivity index (χ1) is 24.2. The van der Waals surface area contributed by atoms with Crippen LogP contribution in [0.2, 0.25) is 0 Å². The Morgan fingerprint density at radius 3 is 1.96 bits per heavy atom. The third-order valence-electron chi connectivity index (χ3n) is 9.55. The lowest BCUT2D eigenvalue weighted by Gasteiger charge is -2.13. The van der Waals surface area contributed by atoms with Crippen LogP contribution < -0.4 is 0 Å². The van der Waals surface area contributed by atoms with Gasteiger partial charge in [0.25, 0.3) is 0 Å². The number of furan rings is 1. The number of rotatable bonds is 4. The van der Waals surface area contributed by atoms with E-state index in [1.54, 1.807) is 0 Å². The first-order valence-corrected chi connectivity index (χ1v) is 16.4. The summed E-state index contributed by atoms with van der Waals surface area (Å²) < 4.78 is 6.48. The Morgan fingerprint density at radius 2 is 1.04 bits per heavy atom. The lowest BCUT2D eigenvalue weighted by molar-refractivity contribution is 0.670. The number of fused-ring (bicyclic) bond motifs is 7. The minimum absolute atomic E-state index is 0.892. The first kappa shape index (κ1) is 27.5. The molecule has 0 amide bonds. The molecule has 0 saturated carbocycles. The summed E-state index contributed by atoms with van der Waals surface area (Å²) in [5.41, 5.74) is 13.4. The van der Waals surface area contributed by atoms with Crippen LogP contribution in [0.25, 0.3) is 99.2 Å². The van der Waals surface area contributed by atoms with Crippen LogP contribution in [0.15, 0.2) is 169 Å². The zero-order chi connectivity index (χ0) is 32.3. The average molecular weight is 626 g/mol. The standard InChI is InChI=1S/C45H27N3O/c1-3-12-41-31(7-1)21-37(26-47-41)34-23-33(24-35(25-34)38-10-5-11-40-39-9-2-4-13-42(39)49-45(38)40)28-14-16-29(17-15-28)36-22-32-19-18-30-8-6-20-46-43(30)44(32)48-27-36/h1-27H. The SMILES string of the molecule is c1ccc2ncc(-c3cc(-c4ccc(-c5cnc6c(ccc7cccnc76)c5)cc4)cc(-c4cccc5c4oc4ccccc45)c3)cc2c1. The fourth-order valence-corrected chi connectivity index (χ4v) is 7.07. The van der Waals surface area contributed by atoms with Crippen molar-refractivity contribution in [1.82, 2.24) is 15.0 Å².